The highest BCUT2D eigenvalue weighted by atomic mass is 19.4. The SMILES string of the molecule is CCCCNC(=O)C(C)NOCC(F)(F)F. The molecule has 0 aliphatic rings. The fourth-order valence-corrected chi connectivity index (χ4v) is 0.843. The van der Waals surface area contributed by atoms with E-state index in [9.17, 15) is 18.0 Å². The lowest BCUT2D eigenvalue weighted by molar-refractivity contribution is -0.193. The molecule has 0 aromatic rings. The van der Waals surface area contributed by atoms with E-state index in [1.165, 1.54) is 6.92 Å². The molecule has 4 nitrogen and oxygen atoms in total. The van der Waals surface area contributed by atoms with Gasteiger partial charge in [0.15, 0.2) is 6.61 Å². The van der Waals surface area contributed by atoms with E-state index in [1.807, 2.05) is 12.4 Å². The van der Waals surface area contributed by atoms with Gasteiger partial charge in [-0.15, -0.1) is 0 Å². The Morgan fingerprint density at radius 3 is 2.56 bits per heavy atom. The van der Waals surface area contributed by atoms with Crippen LogP contribution in [0.3, 0.4) is 0 Å². The number of amides is 1. The number of rotatable bonds is 7. The third kappa shape index (κ3) is 8.49. The molecule has 1 unspecified atom stereocenters. The van der Waals surface area contributed by atoms with Crippen LogP contribution in [0, 0.1) is 0 Å². The summed E-state index contributed by atoms with van der Waals surface area (Å²) in [7, 11) is 0. The van der Waals surface area contributed by atoms with E-state index in [1.54, 1.807) is 0 Å². The molecule has 0 aliphatic heterocycles. The van der Waals surface area contributed by atoms with Crippen molar-refractivity contribution in [1.82, 2.24) is 10.8 Å². The summed E-state index contributed by atoms with van der Waals surface area (Å²) in [5, 5.41) is 2.57. The van der Waals surface area contributed by atoms with Crippen LogP contribution in [0.15, 0.2) is 0 Å². The zero-order valence-corrected chi connectivity index (χ0v) is 9.36. The van der Waals surface area contributed by atoms with E-state index in [-0.39, 0.29) is 5.91 Å². The van der Waals surface area contributed by atoms with Crippen LogP contribution in [0.5, 0.6) is 0 Å². The first-order valence-electron chi connectivity index (χ1n) is 5.08. The maximum Gasteiger partial charge on any atom is 0.413 e. The van der Waals surface area contributed by atoms with Gasteiger partial charge in [0.05, 0.1) is 0 Å². The Morgan fingerprint density at radius 1 is 1.44 bits per heavy atom. The predicted octanol–water partition coefficient (Wildman–Crippen LogP) is 1.37. The molecule has 0 rings (SSSR count). The van der Waals surface area contributed by atoms with Gasteiger partial charge in [0.1, 0.15) is 6.04 Å². The summed E-state index contributed by atoms with van der Waals surface area (Å²) < 4.78 is 35.1. The fraction of sp³-hybridized carbons (Fsp3) is 0.889. The van der Waals surface area contributed by atoms with Crippen molar-refractivity contribution in [2.75, 3.05) is 13.2 Å². The van der Waals surface area contributed by atoms with Crippen LogP contribution in [0.1, 0.15) is 26.7 Å². The Labute approximate surface area is 92.5 Å². The molecule has 0 aromatic carbocycles. The maximum absolute atomic E-state index is 11.7. The number of carbonyl (C=O) groups excluding carboxylic acids is 1. The second-order valence-corrected chi connectivity index (χ2v) is 3.39. The average Bonchev–Trinajstić information content (AvgIpc) is 2.15. The summed E-state index contributed by atoms with van der Waals surface area (Å²) in [5.41, 5.74) is 2.03. The molecule has 2 N–H and O–H groups in total. The summed E-state index contributed by atoms with van der Waals surface area (Å²) in [6.07, 6.45) is -2.63. The Hall–Kier alpha value is -0.820. The molecule has 0 saturated heterocycles. The van der Waals surface area contributed by atoms with Gasteiger partial charge in [0.2, 0.25) is 5.91 Å². The quantitative estimate of drug-likeness (QED) is 0.523. The monoisotopic (exact) mass is 242 g/mol. The molecule has 0 fully saturated rings. The minimum Gasteiger partial charge on any atom is -0.355 e. The molecular weight excluding hydrogens is 225 g/mol. The lowest BCUT2D eigenvalue weighted by Crippen LogP contribution is -2.43. The van der Waals surface area contributed by atoms with Gasteiger partial charge in [0, 0.05) is 6.54 Å². The molecule has 0 aromatic heterocycles. The van der Waals surface area contributed by atoms with Crippen LogP contribution in [0.2, 0.25) is 0 Å². The molecule has 1 atom stereocenters. The second kappa shape index (κ2) is 7.45. The van der Waals surface area contributed by atoms with Gasteiger partial charge >= 0.3 is 6.18 Å². The summed E-state index contributed by atoms with van der Waals surface area (Å²) in [5.74, 6) is -0.379. The number of hydrogen-bond donors (Lipinski definition) is 2. The highest BCUT2D eigenvalue weighted by Gasteiger charge is 2.28. The van der Waals surface area contributed by atoms with Crippen molar-refractivity contribution in [3.63, 3.8) is 0 Å². The van der Waals surface area contributed by atoms with Crippen LogP contribution in [0.4, 0.5) is 13.2 Å². The first kappa shape index (κ1) is 15.2. The maximum atomic E-state index is 11.7. The molecule has 0 aliphatic carbocycles. The number of hydrogen-bond acceptors (Lipinski definition) is 3. The smallest absolute Gasteiger partial charge is 0.355 e. The summed E-state index contributed by atoms with van der Waals surface area (Å²) in [6.45, 7) is 2.50. The zero-order valence-electron chi connectivity index (χ0n) is 9.36. The minimum atomic E-state index is -4.40. The first-order chi connectivity index (χ1) is 7.37. The third-order valence-electron chi connectivity index (χ3n) is 1.72. The van der Waals surface area contributed by atoms with Gasteiger partial charge in [-0.25, -0.2) is 0 Å². The van der Waals surface area contributed by atoms with Crippen molar-refractivity contribution in [2.24, 2.45) is 0 Å². The minimum absolute atomic E-state index is 0.379. The Balaban J connectivity index is 3.63. The molecular formula is C9H17F3N2O2. The fourth-order valence-electron chi connectivity index (χ4n) is 0.843. The standard InChI is InChI=1S/C9H17F3N2O2/c1-3-4-5-13-8(15)7(2)14-16-6-9(10,11)12/h7,14H,3-6H2,1-2H3,(H,13,15). The largest absolute Gasteiger partial charge is 0.413 e. The topological polar surface area (TPSA) is 50.4 Å². The summed E-state index contributed by atoms with van der Waals surface area (Å²) in [6, 6.07) is -0.806. The van der Waals surface area contributed by atoms with E-state index in [0.29, 0.717) is 6.54 Å². The van der Waals surface area contributed by atoms with E-state index in [0.717, 1.165) is 12.8 Å². The van der Waals surface area contributed by atoms with Gasteiger partial charge in [-0.1, -0.05) is 13.3 Å². The number of hydroxylamine groups is 1. The summed E-state index contributed by atoms with van der Waals surface area (Å²) in [4.78, 5) is 15.4. The number of halogens is 3. The van der Waals surface area contributed by atoms with Crippen molar-refractivity contribution in [3.05, 3.63) is 0 Å². The number of unbranched alkanes of at least 4 members (excludes halogenated alkanes) is 1. The van der Waals surface area contributed by atoms with Crippen LogP contribution in [-0.2, 0) is 9.63 Å². The molecule has 0 heterocycles. The van der Waals surface area contributed by atoms with Gasteiger partial charge in [-0.2, -0.15) is 18.7 Å². The normalized spacial score (nSPS) is 13.6. The number of alkyl halides is 3. The van der Waals surface area contributed by atoms with Crippen molar-refractivity contribution in [3.8, 4) is 0 Å². The average molecular weight is 242 g/mol. The van der Waals surface area contributed by atoms with Crippen molar-refractivity contribution in [2.45, 2.75) is 38.9 Å². The zero-order chi connectivity index (χ0) is 12.6. The van der Waals surface area contributed by atoms with Crippen LogP contribution in [-0.4, -0.2) is 31.3 Å². The number of nitrogens with one attached hydrogen (secondary N) is 2. The van der Waals surface area contributed by atoms with Crippen LogP contribution < -0.4 is 10.8 Å². The predicted molar refractivity (Wildman–Crippen MR) is 52.5 cm³/mol. The van der Waals surface area contributed by atoms with Gasteiger partial charge < -0.3 is 5.32 Å². The molecule has 0 bridgehead atoms. The molecule has 1 amide bonds. The van der Waals surface area contributed by atoms with Crippen molar-refractivity contribution in [1.29, 1.82) is 0 Å². The highest BCUT2D eigenvalue weighted by Crippen LogP contribution is 2.13. The lowest BCUT2D eigenvalue weighted by Gasteiger charge is -2.14. The second-order valence-electron chi connectivity index (χ2n) is 3.39. The molecule has 0 radical (unpaired) electrons. The van der Waals surface area contributed by atoms with E-state index < -0.39 is 18.8 Å². The molecule has 7 heteroatoms. The Kier molecular flexibility index (Phi) is 7.07. The van der Waals surface area contributed by atoms with Gasteiger partial charge in [0.25, 0.3) is 0 Å². The molecule has 16 heavy (non-hydrogen) atoms. The van der Waals surface area contributed by atoms with Gasteiger partial charge in [-0.05, 0) is 13.3 Å². The van der Waals surface area contributed by atoms with Crippen LogP contribution in [0.25, 0.3) is 0 Å². The molecule has 0 spiro atoms. The van der Waals surface area contributed by atoms with E-state index in [2.05, 4.69) is 10.2 Å². The van der Waals surface area contributed by atoms with E-state index >= 15 is 0 Å². The third-order valence-corrected chi connectivity index (χ3v) is 1.72. The Morgan fingerprint density at radius 2 is 2.06 bits per heavy atom. The Bertz CT molecular complexity index is 209. The van der Waals surface area contributed by atoms with E-state index in [4.69, 9.17) is 0 Å². The number of carbonyl (C=O) groups is 1. The molecule has 96 valence electrons. The highest BCUT2D eigenvalue weighted by molar-refractivity contribution is 5.81. The molecule has 0 saturated carbocycles. The van der Waals surface area contributed by atoms with Crippen molar-refractivity contribution < 1.29 is 22.8 Å². The van der Waals surface area contributed by atoms with Gasteiger partial charge in [-0.3, -0.25) is 9.63 Å². The van der Waals surface area contributed by atoms with Crippen LogP contribution >= 0.6 is 0 Å². The summed E-state index contributed by atoms with van der Waals surface area (Å²) >= 11 is 0. The lowest BCUT2D eigenvalue weighted by atomic mass is 10.3. The first-order valence-corrected chi connectivity index (χ1v) is 5.08. The van der Waals surface area contributed by atoms with Crippen molar-refractivity contribution >= 4 is 5.91 Å².